The zero-order valence-corrected chi connectivity index (χ0v) is 6.76. The molecule has 0 aliphatic heterocycles. The highest BCUT2D eigenvalue weighted by Crippen LogP contribution is 1.93. The zero-order valence-electron chi connectivity index (χ0n) is 6.76. The molecule has 0 saturated carbocycles. The maximum absolute atomic E-state index is 10.5. The summed E-state index contributed by atoms with van der Waals surface area (Å²) in [5, 5.41) is 10.5. The number of carboxylic acid groups (broad SMARTS) is 1. The van der Waals surface area contributed by atoms with Crippen molar-refractivity contribution in [2.24, 2.45) is 0 Å². The summed E-state index contributed by atoms with van der Waals surface area (Å²) in [6.45, 7) is 3.76. The number of carbonyl (C=O) groups excluding carboxylic acids is 1. The molecule has 0 aliphatic rings. The molecular formula is C7H13NO3. The molecule has 1 unspecified atom stereocenters. The lowest BCUT2D eigenvalue weighted by atomic mass is 10.2. The van der Waals surface area contributed by atoms with Gasteiger partial charge in [-0.05, 0) is 13.3 Å². The molecule has 0 aliphatic carbocycles. The molecule has 1 amide bonds. The molecule has 1 atom stereocenters. The first-order chi connectivity index (χ1) is 5.07. The van der Waals surface area contributed by atoms with E-state index in [2.05, 4.69) is 5.32 Å². The van der Waals surface area contributed by atoms with Crippen molar-refractivity contribution < 1.29 is 14.7 Å². The van der Waals surface area contributed by atoms with E-state index in [1.807, 2.05) is 6.92 Å². The van der Waals surface area contributed by atoms with Crippen molar-refractivity contribution in [2.45, 2.75) is 32.7 Å². The molecule has 0 saturated heterocycles. The third-order valence-corrected chi connectivity index (χ3v) is 1.29. The summed E-state index contributed by atoms with van der Waals surface area (Å²) in [5.41, 5.74) is 0. The Balaban J connectivity index is 3.66. The molecule has 64 valence electrons. The highest BCUT2D eigenvalue weighted by molar-refractivity contribution is 6.31. The molecule has 0 spiro atoms. The van der Waals surface area contributed by atoms with Crippen LogP contribution in [0.2, 0.25) is 0 Å². The summed E-state index contributed by atoms with van der Waals surface area (Å²) in [7, 11) is 0. The van der Waals surface area contributed by atoms with E-state index in [-0.39, 0.29) is 6.04 Å². The van der Waals surface area contributed by atoms with Gasteiger partial charge >= 0.3 is 11.9 Å². The van der Waals surface area contributed by atoms with E-state index in [4.69, 9.17) is 5.11 Å². The molecule has 0 aromatic carbocycles. The van der Waals surface area contributed by atoms with Crippen LogP contribution in [0.25, 0.3) is 0 Å². The fourth-order valence-electron chi connectivity index (χ4n) is 0.791. The van der Waals surface area contributed by atoms with Crippen LogP contribution in [0.1, 0.15) is 26.7 Å². The molecule has 2 N–H and O–H groups in total. The fraction of sp³-hybridized carbons (Fsp3) is 0.714. The Bertz CT molecular complexity index is 156. The molecule has 0 radical (unpaired) electrons. The normalized spacial score (nSPS) is 12.2. The molecule has 0 rings (SSSR count). The average Bonchev–Trinajstić information content (AvgIpc) is 1.87. The van der Waals surface area contributed by atoms with Crippen LogP contribution in [0, 0.1) is 0 Å². The summed E-state index contributed by atoms with van der Waals surface area (Å²) in [4.78, 5) is 20.5. The molecular weight excluding hydrogens is 146 g/mol. The number of carboxylic acids is 1. The summed E-state index contributed by atoms with van der Waals surface area (Å²) in [6, 6.07) is -0.0522. The van der Waals surface area contributed by atoms with Gasteiger partial charge in [-0.3, -0.25) is 4.79 Å². The lowest BCUT2D eigenvalue weighted by Crippen LogP contribution is -2.37. The lowest BCUT2D eigenvalue weighted by molar-refractivity contribution is -0.150. The third kappa shape index (κ3) is 4.36. The molecule has 11 heavy (non-hydrogen) atoms. The van der Waals surface area contributed by atoms with Crippen molar-refractivity contribution in [1.82, 2.24) is 5.32 Å². The van der Waals surface area contributed by atoms with E-state index < -0.39 is 11.9 Å². The van der Waals surface area contributed by atoms with Gasteiger partial charge in [0, 0.05) is 6.04 Å². The summed E-state index contributed by atoms with van der Waals surface area (Å²) < 4.78 is 0. The molecule has 0 aromatic heterocycles. The molecule has 4 heteroatoms. The minimum Gasteiger partial charge on any atom is -0.474 e. The predicted octanol–water partition coefficient (Wildman–Crippen LogP) is 0.376. The smallest absolute Gasteiger partial charge is 0.394 e. The van der Waals surface area contributed by atoms with Crippen LogP contribution in [-0.4, -0.2) is 23.0 Å². The number of aliphatic carboxylic acids is 1. The minimum atomic E-state index is -1.42. The highest BCUT2D eigenvalue weighted by atomic mass is 16.4. The fourth-order valence-corrected chi connectivity index (χ4v) is 0.791. The average molecular weight is 159 g/mol. The van der Waals surface area contributed by atoms with Crippen LogP contribution in [0.4, 0.5) is 0 Å². The van der Waals surface area contributed by atoms with Gasteiger partial charge in [-0.25, -0.2) is 4.79 Å². The van der Waals surface area contributed by atoms with Crippen LogP contribution < -0.4 is 5.32 Å². The first-order valence-corrected chi connectivity index (χ1v) is 3.61. The van der Waals surface area contributed by atoms with Gasteiger partial charge in [0.1, 0.15) is 0 Å². The van der Waals surface area contributed by atoms with E-state index >= 15 is 0 Å². The number of hydrogen-bond donors (Lipinski definition) is 2. The van der Waals surface area contributed by atoms with E-state index in [9.17, 15) is 9.59 Å². The van der Waals surface area contributed by atoms with Crippen molar-refractivity contribution in [3.05, 3.63) is 0 Å². The lowest BCUT2D eigenvalue weighted by Gasteiger charge is -2.09. The highest BCUT2D eigenvalue weighted by Gasteiger charge is 2.12. The quantitative estimate of drug-likeness (QED) is 0.585. The van der Waals surface area contributed by atoms with Crippen LogP contribution >= 0.6 is 0 Å². The first-order valence-electron chi connectivity index (χ1n) is 3.61. The number of nitrogens with one attached hydrogen (secondary N) is 1. The van der Waals surface area contributed by atoms with Gasteiger partial charge in [-0.2, -0.15) is 0 Å². The van der Waals surface area contributed by atoms with Gasteiger partial charge in [0.25, 0.3) is 0 Å². The Labute approximate surface area is 65.6 Å². The van der Waals surface area contributed by atoms with Crippen molar-refractivity contribution >= 4 is 11.9 Å². The van der Waals surface area contributed by atoms with E-state index in [1.165, 1.54) is 0 Å². The molecule has 4 nitrogen and oxygen atoms in total. The van der Waals surface area contributed by atoms with Gasteiger partial charge in [0.15, 0.2) is 0 Å². The molecule has 0 bridgehead atoms. The second kappa shape index (κ2) is 4.71. The zero-order chi connectivity index (χ0) is 8.85. The van der Waals surface area contributed by atoms with Gasteiger partial charge in [0.2, 0.25) is 0 Å². The summed E-state index contributed by atoms with van der Waals surface area (Å²) >= 11 is 0. The Kier molecular flexibility index (Phi) is 4.26. The summed E-state index contributed by atoms with van der Waals surface area (Å²) in [6.07, 6.45) is 1.74. The predicted molar refractivity (Wildman–Crippen MR) is 40.1 cm³/mol. The molecule has 0 heterocycles. The van der Waals surface area contributed by atoms with Crippen molar-refractivity contribution in [2.75, 3.05) is 0 Å². The van der Waals surface area contributed by atoms with Gasteiger partial charge in [-0.1, -0.05) is 13.3 Å². The second-order valence-electron chi connectivity index (χ2n) is 2.47. The van der Waals surface area contributed by atoms with E-state index in [0.717, 1.165) is 12.8 Å². The number of amides is 1. The monoisotopic (exact) mass is 159 g/mol. The van der Waals surface area contributed by atoms with E-state index in [1.54, 1.807) is 6.92 Å². The molecule has 0 fully saturated rings. The van der Waals surface area contributed by atoms with E-state index in [0.29, 0.717) is 0 Å². The van der Waals surface area contributed by atoms with Gasteiger partial charge in [-0.15, -0.1) is 0 Å². The minimum absolute atomic E-state index is 0.0522. The summed E-state index contributed by atoms with van der Waals surface area (Å²) in [5.74, 6) is -2.35. The Hall–Kier alpha value is -1.06. The standard InChI is InChI=1S/C7H13NO3/c1-3-4-5(2)8-6(9)7(10)11/h5H,3-4H2,1-2H3,(H,8,9)(H,10,11). The van der Waals surface area contributed by atoms with Gasteiger partial charge in [0.05, 0.1) is 0 Å². The van der Waals surface area contributed by atoms with Crippen molar-refractivity contribution in [3.63, 3.8) is 0 Å². The number of rotatable bonds is 3. The Morgan fingerprint density at radius 1 is 1.55 bits per heavy atom. The Morgan fingerprint density at radius 3 is 2.45 bits per heavy atom. The van der Waals surface area contributed by atoms with Gasteiger partial charge < -0.3 is 10.4 Å². The van der Waals surface area contributed by atoms with Crippen molar-refractivity contribution in [3.8, 4) is 0 Å². The van der Waals surface area contributed by atoms with Crippen LogP contribution in [-0.2, 0) is 9.59 Å². The van der Waals surface area contributed by atoms with Crippen LogP contribution in [0.5, 0.6) is 0 Å². The number of carbonyl (C=O) groups is 2. The topological polar surface area (TPSA) is 66.4 Å². The maximum atomic E-state index is 10.5. The van der Waals surface area contributed by atoms with Crippen molar-refractivity contribution in [1.29, 1.82) is 0 Å². The van der Waals surface area contributed by atoms with Crippen LogP contribution in [0.15, 0.2) is 0 Å². The molecule has 0 aromatic rings. The maximum Gasteiger partial charge on any atom is 0.394 e. The first kappa shape index (κ1) is 9.94. The Morgan fingerprint density at radius 2 is 2.09 bits per heavy atom. The SMILES string of the molecule is CCCC(C)NC(=O)C(=O)O. The second-order valence-corrected chi connectivity index (χ2v) is 2.47. The number of hydrogen-bond acceptors (Lipinski definition) is 2. The third-order valence-electron chi connectivity index (χ3n) is 1.29. The largest absolute Gasteiger partial charge is 0.474 e. The van der Waals surface area contributed by atoms with Crippen LogP contribution in [0.3, 0.4) is 0 Å².